The van der Waals surface area contributed by atoms with Crippen molar-refractivity contribution in [1.82, 2.24) is 20.2 Å². The molecule has 2 aromatic rings. The Hall–Kier alpha value is -2.38. The fraction of sp³-hybridized carbons (Fsp3) is 0.524. The third-order valence-electron chi connectivity index (χ3n) is 4.61. The van der Waals surface area contributed by atoms with Gasteiger partial charge in [-0.1, -0.05) is 18.2 Å². The second kappa shape index (κ2) is 11.5. The molecule has 3 rings (SSSR count). The molecule has 0 bridgehead atoms. The fourth-order valence-corrected chi connectivity index (χ4v) is 3.18. The van der Waals surface area contributed by atoms with Crippen LogP contribution in [0.2, 0.25) is 0 Å². The third-order valence-corrected chi connectivity index (χ3v) is 4.61. The van der Waals surface area contributed by atoms with E-state index < -0.39 is 0 Å². The second-order valence-corrected chi connectivity index (χ2v) is 6.78. The van der Waals surface area contributed by atoms with Crippen LogP contribution in [0.15, 0.2) is 48.0 Å². The lowest BCUT2D eigenvalue weighted by Crippen LogP contribution is -2.38. The highest BCUT2D eigenvalue weighted by Gasteiger charge is 2.14. The lowest BCUT2D eigenvalue weighted by atomic mass is 10.2. The number of rotatable bonds is 10. The predicted molar refractivity (Wildman–Crippen MR) is 111 cm³/mol. The van der Waals surface area contributed by atoms with Gasteiger partial charge in [0, 0.05) is 38.7 Å². The average Bonchev–Trinajstić information content (AvgIpc) is 3.43. The van der Waals surface area contributed by atoms with E-state index in [0.717, 1.165) is 62.8 Å². The van der Waals surface area contributed by atoms with E-state index in [9.17, 15) is 0 Å². The molecule has 1 atom stereocenters. The van der Waals surface area contributed by atoms with E-state index in [1.54, 1.807) is 6.20 Å². The Balaban J connectivity index is 1.45. The Kier molecular flexibility index (Phi) is 8.33. The van der Waals surface area contributed by atoms with Crippen molar-refractivity contribution in [3.05, 3.63) is 48.5 Å². The lowest BCUT2D eigenvalue weighted by molar-refractivity contribution is 0.0168. The van der Waals surface area contributed by atoms with Gasteiger partial charge < -0.3 is 24.7 Å². The van der Waals surface area contributed by atoms with Crippen molar-refractivity contribution in [3.63, 3.8) is 0 Å². The minimum Gasteiger partial charge on any atom is -0.379 e. The Bertz CT molecular complexity index is 711. The van der Waals surface area contributed by atoms with Gasteiger partial charge in [-0.25, -0.2) is 9.98 Å². The van der Waals surface area contributed by atoms with Crippen molar-refractivity contribution in [2.24, 2.45) is 4.99 Å². The molecule has 7 nitrogen and oxygen atoms in total. The minimum absolute atomic E-state index is 0.294. The number of aromatic nitrogens is 2. The third kappa shape index (κ3) is 6.35. The zero-order valence-electron chi connectivity index (χ0n) is 16.6. The Morgan fingerprint density at radius 3 is 3.07 bits per heavy atom. The first-order chi connectivity index (χ1) is 13.9. The van der Waals surface area contributed by atoms with Crippen LogP contribution in [0.4, 0.5) is 0 Å². The number of nitrogens with zero attached hydrogens (tertiary/aromatic N) is 3. The van der Waals surface area contributed by atoms with E-state index in [0.29, 0.717) is 19.3 Å². The summed E-state index contributed by atoms with van der Waals surface area (Å²) in [5, 5.41) is 6.68. The molecular weight excluding hydrogens is 354 g/mol. The number of imidazole rings is 1. The van der Waals surface area contributed by atoms with Crippen molar-refractivity contribution in [3.8, 4) is 5.69 Å². The molecule has 0 aliphatic carbocycles. The van der Waals surface area contributed by atoms with E-state index in [-0.39, 0.29) is 0 Å². The van der Waals surface area contributed by atoms with E-state index in [2.05, 4.69) is 34.7 Å². The first-order valence-corrected chi connectivity index (χ1v) is 10.1. The van der Waals surface area contributed by atoms with Crippen molar-refractivity contribution in [1.29, 1.82) is 0 Å². The van der Waals surface area contributed by atoms with Gasteiger partial charge in [0.25, 0.3) is 0 Å². The largest absolute Gasteiger partial charge is 0.379 e. The van der Waals surface area contributed by atoms with Gasteiger partial charge in [0.2, 0.25) is 0 Å². The molecule has 7 heteroatoms. The first-order valence-electron chi connectivity index (χ1n) is 10.1. The quantitative estimate of drug-likeness (QED) is 0.374. The lowest BCUT2D eigenvalue weighted by Gasteiger charge is -2.13. The van der Waals surface area contributed by atoms with Gasteiger partial charge in [0.05, 0.1) is 31.3 Å². The minimum atomic E-state index is 0.294. The summed E-state index contributed by atoms with van der Waals surface area (Å²) in [7, 11) is 0. The van der Waals surface area contributed by atoms with Gasteiger partial charge in [-0.05, 0) is 37.8 Å². The molecule has 0 saturated carbocycles. The zero-order chi connectivity index (χ0) is 19.4. The summed E-state index contributed by atoms with van der Waals surface area (Å²) in [6.45, 7) is 6.63. The summed E-state index contributed by atoms with van der Waals surface area (Å²) in [4.78, 5) is 8.87. The van der Waals surface area contributed by atoms with Crippen LogP contribution in [0.3, 0.4) is 0 Å². The number of guanidine groups is 1. The van der Waals surface area contributed by atoms with E-state index in [1.165, 1.54) is 0 Å². The zero-order valence-corrected chi connectivity index (χ0v) is 16.6. The second-order valence-electron chi connectivity index (χ2n) is 6.78. The topological polar surface area (TPSA) is 72.7 Å². The predicted octanol–water partition coefficient (Wildman–Crippen LogP) is 2.51. The van der Waals surface area contributed by atoms with Crippen LogP contribution >= 0.6 is 0 Å². The molecule has 152 valence electrons. The molecule has 0 spiro atoms. The summed E-state index contributed by atoms with van der Waals surface area (Å²) in [6.07, 6.45) is 9.04. The van der Waals surface area contributed by atoms with Crippen LogP contribution in [0.25, 0.3) is 5.69 Å². The van der Waals surface area contributed by atoms with E-state index in [1.807, 2.05) is 29.2 Å². The maximum absolute atomic E-state index is 5.71. The van der Waals surface area contributed by atoms with Crippen molar-refractivity contribution in [2.75, 3.05) is 32.9 Å². The van der Waals surface area contributed by atoms with Crippen LogP contribution in [0, 0.1) is 0 Å². The number of ether oxygens (including phenoxy) is 2. The summed E-state index contributed by atoms with van der Waals surface area (Å²) >= 11 is 0. The normalized spacial score (nSPS) is 17.0. The molecule has 1 aromatic carbocycles. The van der Waals surface area contributed by atoms with Crippen LogP contribution in [0.1, 0.15) is 31.7 Å². The standard InChI is InChI=1S/C21H31N5O2/c1-2-23-21(24-10-6-13-27-16-19-8-5-14-28-19)25-15-18-7-3-4-9-20(18)26-12-11-22-17-26/h3-4,7,9,11-12,17,19H,2,5-6,8,10,13-16H2,1H3,(H2,23,24,25). The number of aliphatic imine (C=N–C) groups is 1. The molecular formula is C21H31N5O2. The molecule has 1 aromatic heterocycles. The smallest absolute Gasteiger partial charge is 0.191 e. The number of para-hydroxylation sites is 1. The Morgan fingerprint density at radius 1 is 1.36 bits per heavy atom. The van der Waals surface area contributed by atoms with Crippen molar-refractivity contribution >= 4 is 5.96 Å². The Morgan fingerprint density at radius 2 is 2.29 bits per heavy atom. The number of hydrogen-bond acceptors (Lipinski definition) is 4. The molecule has 0 amide bonds. The summed E-state index contributed by atoms with van der Waals surface area (Å²) < 4.78 is 13.3. The van der Waals surface area contributed by atoms with E-state index >= 15 is 0 Å². The van der Waals surface area contributed by atoms with Crippen LogP contribution in [-0.4, -0.2) is 54.5 Å². The molecule has 1 fully saturated rings. The number of benzene rings is 1. The molecule has 1 aliphatic rings. The SMILES string of the molecule is CCNC(=NCc1ccccc1-n1ccnc1)NCCCOCC1CCCO1. The molecule has 0 radical (unpaired) electrons. The molecule has 1 aliphatic heterocycles. The van der Waals surface area contributed by atoms with Gasteiger partial charge in [-0.2, -0.15) is 0 Å². The first kappa shape index (κ1) is 20.4. The molecule has 2 N–H and O–H groups in total. The highest BCUT2D eigenvalue weighted by molar-refractivity contribution is 5.79. The Labute approximate surface area is 167 Å². The molecule has 1 saturated heterocycles. The monoisotopic (exact) mass is 385 g/mol. The summed E-state index contributed by atoms with van der Waals surface area (Å²) in [5.74, 6) is 0.821. The van der Waals surface area contributed by atoms with Crippen LogP contribution in [0.5, 0.6) is 0 Å². The highest BCUT2D eigenvalue weighted by Crippen LogP contribution is 2.15. The van der Waals surface area contributed by atoms with Gasteiger partial charge in [0.1, 0.15) is 0 Å². The molecule has 2 heterocycles. The maximum Gasteiger partial charge on any atom is 0.191 e. The summed E-state index contributed by atoms with van der Waals surface area (Å²) in [6, 6.07) is 8.25. The molecule has 28 heavy (non-hydrogen) atoms. The van der Waals surface area contributed by atoms with E-state index in [4.69, 9.17) is 14.5 Å². The van der Waals surface area contributed by atoms with Crippen molar-refractivity contribution in [2.45, 2.75) is 38.8 Å². The van der Waals surface area contributed by atoms with Gasteiger partial charge in [0.15, 0.2) is 5.96 Å². The molecule has 1 unspecified atom stereocenters. The van der Waals surface area contributed by atoms with Gasteiger partial charge >= 0.3 is 0 Å². The maximum atomic E-state index is 5.71. The fourth-order valence-electron chi connectivity index (χ4n) is 3.18. The van der Waals surface area contributed by atoms with Crippen LogP contribution in [-0.2, 0) is 16.0 Å². The van der Waals surface area contributed by atoms with Gasteiger partial charge in [-0.15, -0.1) is 0 Å². The number of hydrogen-bond donors (Lipinski definition) is 2. The van der Waals surface area contributed by atoms with Crippen molar-refractivity contribution < 1.29 is 9.47 Å². The van der Waals surface area contributed by atoms with Crippen LogP contribution < -0.4 is 10.6 Å². The number of nitrogens with one attached hydrogen (secondary N) is 2. The average molecular weight is 386 g/mol. The van der Waals surface area contributed by atoms with Gasteiger partial charge in [-0.3, -0.25) is 0 Å². The summed E-state index contributed by atoms with van der Waals surface area (Å²) in [5.41, 5.74) is 2.25. The highest BCUT2D eigenvalue weighted by atomic mass is 16.5.